The minimum atomic E-state index is 0.645. The number of fused-ring (bicyclic) bond motifs is 4. The van der Waals surface area contributed by atoms with Gasteiger partial charge in [-0.1, -0.05) is 36.4 Å². The van der Waals surface area contributed by atoms with E-state index in [0.717, 1.165) is 35.8 Å². The Morgan fingerprint density at radius 3 is 2.58 bits per heavy atom. The van der Waals surface area contributed by atoms with E-state index in [1.54, 1.807) is 0 Å². The van der Waals surface area contributed by atoms with E-state index in [1.165, 1.54) is 43.6 Å². The number of hydrogen-bond acceptors (Lipinski definition) is 3. The van der Waals surface area contributed by atoms with E-state index in [4.69, 9.17) is 9.15 Å². The monoisotopic (exact) mass is 347 g/mol. The predicted octanol–water partition coefficient (Wildman–Crippen LogP) is 5.21. The van der Waals surface area contributed by atoms with Crippen molar-refractivity contribution in [3.63, 3.8) is 0 Å². The van der Waals surface area contributed by atoms with E-state index < -0.39 is 0 Å². The number of nitrogens with zero attached hydrogens (tertiary/aromatic N) is 1. The van der Waals surface area contributed by atoms with Gasteiger partial charge in [0, 0.05) is 18.0 Å². The third kappa shape index (κ3) is 3.12. The summed E-state index contributed by atoms with van der Waals surface area (Å²) in [5, 5.41) is 1.10. The lowest BCUT2D eigenvalue weighted by molar-refractivity contribution is 0.0381. The Balaban J connectivity index is 1.25. The Bertz CT molecular complexity index is 878. The molecule has 3 aromatic rings. The number of piperidine rings is 3. The molecule has 0 amide bonds. The molecule has 134 valence electrons. The van der Waals surface area contributed by atoms with Crippen LogP contribution in [0.5, 0.6) is 5.95 Å². The van der Waals surface area contributed by atoms with Gasteiger partial charge in [-0.3, -0.25) is 0 Å². The molecule has 2 aromatic carbocycles. The van der Waals surface area contributed by atoms with Crippen molar-refractivity contribution in [1.29, 1.82) is 0 Å². The minimum absolute atomic E-state index is 0.645. The van der Waals surface area contributed by atoms with E-state index in [0.29, 0.717) is 5.95 Å². The first-order valence-electron chi connectivity index (χ1n) is 9.79. The van der Waals surface area contributed by atoms with Crippen LogP contribution in [0, 0.1) is 11.8 Å². The second-order valence-corrected chi connectivity index (χ2v) is 7.72. The van der Waals surface area contributed by atoms with Crippen LogP contribution in [0.3, 0.4) is 0 Å². The lowest BCUT2D eigenvalue weighted by Gasteiger charge is -2.44. The molecule has 3 saturated heterocycles. The van der Waals surface area contributed by atoms with E-state index in [1.807, 2.05) is 18.2 Å². The maximum Gasteiger partial charge on any atom is 0.285 e. The van der Waals surface area contributed by atoms with Gasteiger partial charge in [-0.05, 0) is 67.4 Å². The highest BCUT2D eigenvalue weighted by atomic mass is 16.6. The van der Waals surface area contributed by atoms with Gasteiger partial charge in [0.25, 0.3) is 5.95 Å². The van der Waals surface area contributed by atoms with Crippen molar-refractivity contribution < 1.29 is 9.15 Å². The fourth-order valence-corrected chi connectivity index (χ4v) is 4.63. The maximum absolute atomic E-state index is 5.96. The van der Waals surface area contributed by atoms with Crippen molar-refractivity contribution in [3.8, 4) is 17.1 Å². The van der Waals surface area contributed by atoms with Crippen LogP contribution >= 0.6 is 0 Å². The summed E-state index contributed by atoms with van der Waals surface area (Å²) in [6.07, 6.45) is 3.88. The second kappa shape index (κ2) is 6.81. The van der Waals surface area contributed by atoms with E-state index >= 15 is 0 Å². The molecular weight excluding hydrogens is 322 g/mol. The molecule has 1 atom stereocenters. The molecule has 0 spiro atoms. The van der Waals surface area contributed by atoms with Gasteiger partial charge in [0.2, 0.25) is 0 Å². The van der Waals surface area contributed by atoms with Gasteiger partial charge in [0.05, 0.1) is 6.61 Å². The van der Waals surface area contributed by atoms with Crippen molar-refractivity contribution in [3.05, 3.63) is 54.6 Å². The third-order valence-corrected chi connectivity index (χ3v) is 6.13. The van der Waals surface area contributed by atoms with E-state index in [2.05, 4.69) is 41.3 Å². The Morgan fingerprint density at radius 2 is 1.81 bits per heavy atom. The van der Waals surface area contributed by atoms with Gasteiger partial charge in [-0.15, -0.1) is 0 Å². The summed E-state index contributed by atoms with van der Waals surface area (Å²) < 4.78 is 11.8. The molecule has 1 aromatic heterocycles. The van der Waals surface area contributed by atoms with E-state index in [-0.39, 0.29) is 0 Å². The highest BCUT2D eigenvalue weighted by Crippen LogP contribution is 2.35. The van der Waals surface area contributed by atoms with Crippen LogP contribution < -0.4 is 4.74 Å². The Hall–Kier alpha value is -2.26. The summed E-state index contributed by atoms with van der Waals surface area (Å²) >= 11 is 0. The minimum Gasteiger partial charge on any atom is -0.465 e. The van der Waals surface area contributed by atoms with Crippen LogP contribution in [0.1, 0.15) is 19.3 Å². The van der Waals surface area contributed by atoms with Crippen LogP contribution in [0.25, 0.3) is 22.1 Å². The van der Waals surface area contributed by atoms with Crippen LogP contribution in [0.15, 0.2) is 59.0 Å². The quantitative estimate of drug-likeness (QED) is 0.633. The smallest absolute Gasteiger partial charge is 0.285 e. The summed E-state index contributed by atoms with van der Waals surface area (Å²) in [5.41, 5.74) is 3.32. The lowest BCUT2D eigenvalue weighted by atomic mass is 9.78. The van der Waals surface area contributed by atoms with Crippen LogP contribution in [-0.2, 0) is 0 Å². The predicted molar refractivity (Wildman–Crippen MR) is 104 cm³/mol. The zero-order chi connectivity index (χ0) is 17.3. The molecule has 6 rings (SSSR count). The Kier molecular flexibility index (Phi) is 4.18. The second-order valence-electron chi connectivity index (χ2n) is 7.72. The SMILES string of the molecule is c1ccc(-c2ccc3oc(OCCC4CN5CCC4CC5)cc3c2)cc1. The average Bonchev–Trinajstić information content (AvgIpc) is 3.11. The highest BCUT2D eigenvalue weighted by Gasteiger charge is 2.33. The highest BCUT2D eigenvalue weighted by molar-refractivity contribution is 5.84. The van der Waals surface area contributed by atoms with Crippen molar-refractivity contribution in [1.82, 2.24) is 4.90 Å². The van der Waals surface area contributed by atoms with Gasteiger partial charge in [0.1, 0.15) is 5.58 Å². The molecule has 0 N–H and O–H groups in total. The lowest BCUT2D eigenvalue weighted by Crippen LogP contribution is -2.47. The fraction of sp³-hybridized carbons (Fsp3) is 0.391. The van der Waals surface area contributed by atoms with Gasteiger partial charge in [0.15, 0.2) is 0 Å². The van der Waals surface area contributed by atoms with Crippen molar-refractivity contribution in [2.45, 2.75) is 19.3 Å². The van der Waals surface area contributed by atoms with Gasteiger partial charge in [-0.2, -0.15) is 0 Å². The van der Waals surface area contributed by atoms with Crippen LogP contribution in [0.2, 0.25) is 0 Å². The van der Waals surface area contributed by atoms with Crippen molar-refractivity contribution >= 4 is 11.0 Å². The number of benzene rings is 2. The first-order chi connectivity index (χ1) is 12.8. The molecule has 0 aliphatic carbocycles. The molecule has 3 fully saturated rings. The first-order valence-corrected chi connectivity index (χ1v) is 9.79. The molecule has 26 heavy (non-hydrogen) atoms. The maximum atomic E-state index is 5.96. The number of ether oxygens (including phenoxy) is 1. The largest absolute Gasteiger partial charge is 0.465 e. The van der Waals surface area contributed by atoms with E-state index in [9.17, 15) is 0 Å². The molecule has 3 heteroatoms. The number of rotatable bonds is 5. The van der Waals surface area contributed by atoms with Crippen LogP contribution in [-0.4, -0.2) is 31.1 Å². The van der Waals surface area contributed by atoms with Gasteiger partial charge >= 0.3 is 0 Å². The molecule has 2 bridgehead atoms. The van der Waals surface area contributed by atoms with Gasteiger partial charge in [-0.25, -0.2) is 0 Å². The third-order valence-electron chi connectivity index (χ3n) is 6.13. The molecule has 4 heterocycles. The fourth-order valence-electron chi connectivity index (χ4n) is 4.63. The van der Waals surface area contributed by atoms with Gasteiger partial charge < -0.3 is 14.1 Å². The van der Waals surface area contributed by atoms with Crippen molar-refractivity contribution in [2.24, 2.45) is 11.8 Å². The molecule has 3 aliphatic rings. The zero-order valence-electron chi connectivity index (χ0n) is 15.1. The zero-order valence-corrected chi connectivity index (χ0v) is 15.1. The molecular formula is C23H25NO2. The normalized spacial score (nSPS) is 24.8. The summed E-state index contributed by atoms with van der Waals surface area (Å²) in [6, 6.07) is 18.8. The first kappa shape index (κ1) is 16.0. The average molecular weight is 347 g/mol. The summed E-state index contributed by atoms with van der Waals surface area (Å²) in [7, 11) is 0. The topological polar surface area (TPSA) is 25.6 Å². The van der Waals surface area contributed by atoms with Crippen LogP contribution in [0.4, 0.5) is 0 Å². The molecule has 3 aliphatic heterocycles. The van der Waals surface area contributed by atoms with Crippen molar-refractivity contribution in [2.75, 3.05) is 26.2 Å². The molecule has 3 nitrogen and oxygen atoms in total. The Labute approximate surface area is 154 Å². The Morgan fingerprint density at radius 1 is 0.962 bits per heavy atom. The number of hydrogen-bond donors (Lipinski definition) is 0. The standard InChI is InChI=1S/C23H25NO2/c1-2-4-17(5-3-1)19-6-7-22-21(14-19)15-23(26-22)25-13-10-20-16-24-11-8-18(20)9-12-24/h1-7,14-15,18,20H,8-13,16H2. The number of furan rings is 1. The summed E-state index contributed by atoms with van der Waals surface area (Å²) in [4.78, 5) is 2.61. The molecule has 1 unspecified atom stereocenters. The molecule has 0 radical (unpaired) electrons. The summed E-state index contributed by atoms with van der Waals surface area (Å²) in [6.45, 7) is 4.61. The molecule has 0 saturated carbocycles. The summed E-state index contributed by atoms with van der Waals surface area (Å²) in [5.74, 6) is 2.35.